The van der Waals surface area contributed by atoms with Crippen LogP contribution in [0.3, 0.4) is 0 Å². The summed E-state index contributed by atoms with van der Waals surface area (Å²) in [5.74, 6) is 3.58. The summed E-state index contributed by atoms with van der Waals surface area (Å²) in [6, 6.07) is 11.8. The van der Waals surface area contributed by atoms with Crippen LogP contribution in [0.15, 0.2) is 36.4 Å². The lowest BCUT2D eigenvalue weighted by Gasteiger charge is -2.32. The van der Waals surface area contributed by atoms with Crippen molar-refractivity contribution in [2.45, 2.75) is 89.9 Å². The fraction of sp³-hybridized carbons (Fsp3) is 0.630. The van der Waals surface area contributed by atoms with Crippen molar-refractivity contribution >= 4 is 10.8 Å². The Hall–Kier alpha value is -1.37. The summed E-state index contributed by atoms with van der Waals surface area (Å²) in [7, 11) is 0. The molecule has 0 nitrogen and oxygen atoms in total. The molecule has 2 aromatic rings. The van der Waals surface area contributed by atoms with Gasteiger partial charge in [0.05, 0.1) is 0 Å². The number of benzene rings is 2. The van der Waals surface area contributed by atoms with E-state index in [1.165, 1.54) is 88.0 Å². The van der Waals surface area contributed by atoms with Gasteiger partial charge in [-0.1, -0.05) is 82.6 Å². The minimum absolute atomic E-state index is 0.139. The minimum Gasteiger partial charge on any atom is -0.207 e. The SMILES string of the molecule is CCC[C@H]1CC[C@H](CC[C@H]2CC[C@H](c3ccc4cc(F)ccc4c3)CC2)CC1. The summed E-state index contributed by atoms with van der Waals surface area (Å²) in [5, 5.41) is 2.20. The van der Waals surface area contributed by atoms with Crippen molar-refractivity contribution in [1.29, 1.82) is 0 Å². The molecule has 0 saturated heterocycles. The van der Waals surface area contributed by atoms with Gasteiger partial charge in [-0.25, -0.2) is 4.39 Å². The quantitative estimate of drug-likeness (QED) is 0.470. The maximum atomic E-state index is 13.4. The van der Waals surface area contributed by atoms with Crippen LogP contribution in [-0.4, -0.2) is 0 Å². The molecule has 0 spiro atoms. The first-order valence-corrected chi connectivity index (χ1v) is 11.9. The van der Waals surface area contributed by atoms with Gasteiger partial charge in [-0.15, -0.1) is 0 Å². The second-order valence-corrected chi connectivity index (χ2v) is 9.72. The standard InChI is InChI=1S/C27H37F/c1-2-3-20-4-6-21(7-5-20)8-9-22-10-12-23(13-11-22)24-14-15-26-19-27(28)17-16-25(26)18-24/h14-23H,2-13H2,1H3/t20-,21-,22-,23-. The summed E-state index contributed by atoms with van der Waals surface area (Å²) >= 11 is 0. The average molecular weight is 381 g/mol. The predicted molar refractivity (Wildman–Crippen MR) is 118 cm³/mol. The van der Waals surface area contributed by atoms with Gasteiger partial charge in [0.2, 0.25) is 0 Å². The van der Waals surface area contributed by atoms with Crippen molar-refractivity contribution in [2.24, 2.45) is 17.8 Å². The van der Waals surface area contributed by atoms with Crippen LogP contribution in [0.4, 0.5) is 4.39 Å². The molecule has 28 heavy (non-hydrogen) atoms. The summed E-state index contributed by atoms with van der Waals surface area (Å²) in [5.41, 5.74) is 1.46. The molecule has 2 fully saturated rings. The largest absolute Gasteiger partial charge is 0.207 e. The van der Waals surface area contributed by atoms with Crippen molar-refractivity contribution in [3.8, 4) is 0 Å². The van der Waals surface area contributed by atoms with Crippen molar-refractivity contribution in [3.05, 3.63) is 47.8 Å². The molecule has 0 aliphatic heterocycles. The van der Waals surface area contributed by atoms with Crippen LogP contribution in [0.5, 0.6) is 0 Å². The number of rotatable bonds is 6. The maximum Gasteiger partial charge on any atom is 0.123 e. The zero-order valence-corrected chi connectivity index (χ0v) is 17.6. The zero-order valence-electron chi connectivity index (χ0n) is 17.6. The highest BCUT2D eigenvalue weighted by Crippen LogP contribution is 2.40. The molecule has 0 radical (unpaired) electrons. The van der Waals surface area contributed by atoms with E-state index in [-0.39, 0.29) is 5.82 Å². The molecule has 2 aliphatic carbocycles. The maximum absolute atomic E-state index is 13.4. The van der Waals surface area contributed by atoms with Crippen LogP contribution in [0.2, 0.25) is 0 Å². The van der Waals surface area contributed by atoms with Gasteiger partial charge in [0.1, 0.15) is 5.82 Å². The molecule has 1 heteroatoms. The van der Waals surface area contributed by atoms with E-state index in [0.717, 1.165) is 23.1 Å². The fourth-order valence-electron chi connectivity index (χ4n) is 5.96. The third-order valence-electron chi connectivity index (χ3n) is 7.79. The minimum atomic E-state index is -0.139. The molecule has 0 unspecified atom stereocenters. The predicted octanol–water partition coefficient (Wildman–Crippen LogP) is 8.64. The number of hydrogen-bond acceptors (Lipinski definition) is 0. The molecule has 2 saturated carbocycles. The molecule has 0 atom stereocenters. The van der Waals surface area contributed by atoms with Crippen molar-refractivity contribution in [2.75, 3.05) is 0 Å². The Morgan fingerprint density at radius 3 is 1.86 bits per heavy atom. The molecule has 0 N–H and O–H groups in total. The van der Waals surface area contributed by atoms with Crippen LogP contribution < -0.4 is 0 Å². The Bertz CT molecular complexity index is 748. The zero-order chi connectivity index (χ0) is 19.3. The Morgan fingerprint density at radius 1 is 0.679 bits per heavy atom. The monoisotopic (exact) mass is 380 g/mol. The van der Waals surface area contributed by atoms with Crippen LogP contribution in [-0.2, 0) is 0 Å². The van der Waals surface area contributed by atoms with Gasteiger partial charge in [0.15, 0.2) is 0 Å². The van der Waals surface area contributed by atoms with Crippen molar-refractivity contribution in [1.82, 2.24) is 0 Å². The number of fused-ring (bicyclic) bond motifs is 1. The molecule has 0 heterocycles. The fourth-order valence-corrected chi connectivity index (χ4v) is 5.96. The smallest absolute Gasteiger partial charge is 0.123 e. The second kappa shape index (κ2) is 9.42. The van der Waals surface area contributed by atoms with E-state index >= 15 is 0 Å². The van der Waals surface area contributed by atoms with E-state index in [1.807, 2.05) is 6.07 Å². The van der Waals surface area contributed by atoms with Crippen LogP contribution in [0.25, 0.3) is 10.8 Å². The summed E-state index contributed by atoms with van der Waals surface area (Å²) in [6.45, 7) is 2.33. The lowest BCUT2D eigenvalue weighted by atomic mass is 9.74. The molecule has 0 amide bonds. The van der Waals surface area contributed by atoms with E-state index in [1.54, 1.807) is 12.1 Å². The summed E-state index contributed by atoms with van der Waals surface area (Å²) in [4.78, 5) is 0. The lowest BCUT2D eigenvalue weighted by molar-refractivity contribution is 0.224. The Morgan fingerprint density at radius 2 is 1.21 bits per heavy atom. The van der Waals surface area contributed by atoms with Crippen LogP contribution in [0.1, 0.15) is 95.5 Å². The van der Waals surface area contributed by atoms with Crippen molar-refractivity contribution in [3.63, 3.8) is 0 Å². The van der Waals surface area contributed by atoms with E-state index in [2.05, 4.69) is 25.1 Å². The first-order chi connectivity index (χ1) is 13.7. The van der Waals surface area contributed by atoms with Gasteiger partial charge in [-0.05, 0) is 77.8 Å². The van der Waals surface area contributed by atoms with E-state index in [0.29, 0.717) is 5.92 Å². The highest BCUT2D eigenvalue weighted by molar-refractivity contribution is 5.83. The highest BCUT2D eigenvalue weighted by atomic mass is 19.1. The normalized spacial score (nSPS) is 28.5. The van der Waals surface area contributed by atoms with Gasteiger partial charge < -0.3 is 0 Å². The third-order valence-corrected chi connectivity index (χ3v) is 7.79. The Balaban J connectivity index is 1.23. The van der Waals surface area contributed by atoms with Gasteiger partial charge in [0.25, 0.3) is 0 Å². The van der Waals surface area contributed by atoms with Crippen LogP contribution in [0, 0.1) is 23.6 Å². The van der Waals surface area contributed by atoms with Crippen LogP contribution >= 0.6 is 0 Å². The lowest BCUT2D eigenvalue weighted by Crippen LogP contribution is -2.17. The van der Waals surface area contributed by atoms with E-state index in [4.69, 9.17) is 0 Å². The van der Waals surface area contributed by atoms with Gasteiger partial charge >= 0.3 is 0 Å². The Labute approximate surface area is 170 Å². The average Bonchev–Trinajstić information content (AvgIpc) is 2.73. The summed E-state index contributed by atoms with van der Waals surface area (Å²) in [6.07, 6.45) is 17.2. The van der Waals surface area contributed by atoms with Gasteiger partial charge in [-0.2, -0.15) is 0 Å². The highest BCUT2D eigenvalue weighted by Gasteiger charge is 2.25. The molecule has 0 aromatic heterocycles. The summed E-state index contributed by atoms with van der Waals surface area (Å²) < 4.78 is 13.4. The van der Waals surface area contributed by atoms with Gasteiger partial charge in [0, 0.05) is 0 Å². The molecule has 0 bridgehead atoms. The first-order valence-electron chi connectivity index (χ1n) is 11.9. The topological polar surface area (TPSA) is 0 Å². The first kappa shape index (κ1) is 19.9. The van der Waals surface area contributed by atoms with Gasteiger partial charge in [-0.3, -0.25) is 0 Å². The van der Waals surface area contributed by atoms with E-state index in [9.17, 15) is 4.39 Å². The second-order valence-electron chi connectivity index (χ2n) is 9.72. The third kappa shape index (κ3) is 4.97. The number of hydrogen-bond donors (Lipinski definition) is 0. The molecule has 4 rings (SSSR count). The molecular weight excluding hydrogens is 343 g/mol. The molecule has 2 aromatic carbocycles. The molecule has 2 aliphatic rings. The van der Waals surface area contributed by atoms with E-state index < -0.39 is 0 Å². The number of halogens is 1. The van der Waals surface area contributed by atoms with Crippen molar-refractivity contribution < 1.29 is 4.39 Å². The molecular formula is C27H37F. The Kier molecular flexibility index (Phi) is 6.70. The molecule has 152 valence electrons.